The molecule has 2 amide bonds. The summed E-state index contributed by atoms with van der Waals surface area (Å²) in [5, 5.41) is 6.55. The van der Waals surface area contributed by atoms with E-state index in [0.717, 1.165) is 25.9 Å². The van der Waals surface area contributed by atoms with E-state index >= 15 is 0 Å². The molecular weight excluding hydrogens is 290 g/mol. The molecule has 2 heterocycles. The molecule has 0 spiro atoms. The Kier molecular flexibility index (Phi) is 5.51. The normalized spacial score (nSPS) is 16.2. The lowest BCUT2D eigenvalue weighted by Crippen LogP contribution is -2.34. The lowest BCUT2D eigenvalue weighted by atomic mass is 10.2. The van der Waals surface area contributed by atoms with E-state index in [1.54, 1.807) is 7.05 Å². The summed E-state index contributed by atoms with van der Waals surface area (Å²) in [6, 6.07) is 0. The van der Waals surface area contributed by atoms with Crippen LogP contribution in [0.2, 0.25) is 0 Å². The summed E-state index contributed by atoms with van der Waals surface area (Å²) in [6.07, 6.45) is 4.71. The second kappa shape index (κ2) is 7.37. The van der Waals surface area contributed by atoms with Crippen molar-refractivity contribution in [2.45, 2.75) is 25.7 Å². The van der Waals surface area contributed by atoms with Gasteiger partial charge in [-0.05, 0) is 25.9 Å². The van der Waals surface area contributed by atoms with Crippen molar-refractivity contribution in [1.82, 2.24) is 9.88 Å². The van der Waals surface area contributed by atoms with E-state index < -0.39 is 5.91 Å². The predicted molar refractivity (Wildman–Crippen MR) is 83.7 cm³/mol. The minimum absolute atomic E-state index is 0.105. The number of hydrogen-bond donors (Lipinski definition) is 3. The van der Waals surface area contributed by atoms with Gasteiger partial charge in [0, 0.05) is 7.05 Å². The van der Waals surface area contributed by atoms with Crippen molar-refractivity contribution in [1.29, 1.82) is 0 Å². The second-order valence-corrected chi connectivity index (χ2v) is 6.05. The third-order valence-corrected chi connectivity index (χ3v) is 4.38. The number of amides is 2. The monoisotopic (exact) mass is 311 g/mol. The zero-order valence-electron chi connectivity index (χ0n) is 12.1. The smallest absolute Gasteiger partial charge is 0.270 e. The number of hydrogen-bond acceptors (Lipinski definition) is 6. The standard InChI is InChI=1S/C13H21N5O2S/c1-15-13-17-10(11(14)20)12(21-13)16-9(19)8-18-6-4-2-3-5-7-18/h2-8H2,1H3,(H2,14,20)(H,15,17)(H,16,19). The summed E-state index contributed by atoms with van der Waals surface area (Å²) in [6.45, 7) is 2.23. The van der Waals surface area contributed by atoms with Gasteiger partial charge < -0.3 is 16.4 Å². The number of carbonyl (C=O) groups excluding carboxylic acids is 2. The number of aromatic nitrogens is 1. The maximum Gasteiger partial charge on any atom is 0.270 e. The van der Waals surface area contributed by atoms with Crippen molar-refractivity contribution in [3.8, 4) is 0 Å². The van der Waals surface area contributed by atoms with Gasteiger partial charge in [0.05, 0.1) is 6.54 Å². The van der Waals surface area contributed by atoms with Crippen molar-refractivity contribution in [3.63, 3.8) is 0 Å². The largest absolute Gasteiger partial charge is 0.365 e. The maximum atomic E-state index is 12.1. The Morgan fingerprint density at radius 2 is 1.95 bits per heavy atom. The summed E-state index contributed by atoms with van der Waals surface area (Å²) in [5.41, 5.74) is 5.38. The van der Waals surface area contributed by atoms with Gasteiger partial charge in [-0.25, -0.2) is 4.98 Å². The van der Waals surface area contributed by atoms with Crippen LogP contribution in [0.1, 0.15) is 36.2 Å². The first-order valence-electron chi connectivity index (χ1n) is 7.10. The Hall–Kier alpha value is -1.67. The summed E-state index contributed by atoms with van der Waals surface area (Å²) in [7, 11) is 1.70. The topological polar surface area (TPSA) is 100 Å². The fourth-order valence-corrected chi connectivity index (χ4v) is 3.18. The molecule has 7 nitrogen and oxygen atoms in total. The zero-order valence-corrected chi connectivity index (χ0v) is 13.0. The van der Waals surface area contributed by atoms with Crippen LogP contribution in [-0.2, 0) is 4.79 Å². The molecule has 0 saturated carbocycles. The molecule has 0 aromatic carbocycles. The molecule has 0 aliphatic carbocycles. The Morgan fingerprint density at radius 3 is 2.52 bits per heavy atom. The minimum Gasteiger partial charge on any atom is -0.365 e. The van der Waals surface area contributed by atoms with E-state index in [4.69, 9.17) is 5.73 Å². The number of carbonyl (C=O) groups is 2. The Labute approximate surface area is 127 Å². The van der Waals surface area contributed by atoms with Gasteiger partial charge in [-0.2, -0.15) is 0 Å². The van der Waals surface area contributed by atoms with E-state index in [2.05, 4.69) is 20.5 Å². The quantitative estimate of drug-likeness (QED) is 0.756. The molecule has 0 bridgehead atoms. The summed E-state index contributed by atoms with van der Waals surface area (Å²) in [4.78, 5) is 29.7. The van der Waals surface area contributed by atoms with Gasteiger partial charge in [0.25, 0.3) is 5.91 Å². The average Bonchev–Trinajstić information content (AvgIpc) is 2.67. The van der Waals surface area contributed by atoms with Gasteiger partial charge in [0.2, 0.25) is 5.91 Å². The summed E-state index contributed by atoms with van der Waals surface area (Å²) in [5.74, 6) is -0.775. The first-order valence-corrected chi connectivity index (χ1v) is 7.92. The van der Waals surface area contributed by atoms with Gasteiger partial charge in [-0.15, -0.1) is 0 Å². The van der Waals surface area contributed by atoms with Crippen LogP contribution >= 0.6 is 11.3 Å². The van der Waals surface area contributed by atoms with Crippen LogP contribution in [-0.4, -0.2) is 48.4 Å². The van der Waals surface area contributed by atoms with Crippen molar-refractivity contribution in [3.05, 3.63) is 5.69 Å². The number of likely N-dealkylation sites (tertiary alicyclic amines) is 1. The predicted octanol–water partition coefficient (Wildman–Crippen LogP) is 1.10. The van der Waals surface area contributed by atoms with Crippen LogP contribution in [0.25, 0.3) is 0 Å². The molecule has 21 heavy (non-hydrogen) atoms. The molecule has 0 unspecified atom stereocenters. The Morgan fingerprint density at radius 1 is 1.29 bits per heavy atom. The highest BCUT2D eigenvalue weighted by molar-refractivity contribution is 7.20. The first kappa shape index (κ1) is 15.7. The third-order valence-electron chi connectivity index (χ3n) is 3.39. The van der Waals surface area contributed by atoms with E-state index in [-0.39, 0.29) is 11.6 Å². The number of primary amides is 1. The highest BCUT2D eigenvalue weighted by atomic mass is 32.1. The minimum atomic E-state index is -0.641. The first-order chi connectivity index (χ1) is 10.1. The molecular formula is C13H21N5O2S. The van der Waals surface area contributed by atoms with Gasteiger partial charge in [0.1, 0.15) is 5.00 Å². The highest BCUT2D eigenvalue weighted by Crippen LogP contribution is 2.27. The second-order valence-electron chi connectivity index (χ2n) is 5.05. The van der Waals surface area contributed by atoms with Crippen LogP contribution in [0, 0.1) is 0 Å². The molecule has 1 aliphatic heterocycles. The molecule has 2 rings (SSSR count). The van der Waals surface area contributed by atoms with E-state index in [0.29, 0.717) is 16.7 Å². The van der Waals surface area contributed by atoms with Crippen LogP contribution in [0.5, 0.6) is 0 Å². The number of nitrogens with two attached hydrogens (primary N) is 1. The molecule has 0 atom stereocenters. The van der Waals surface area contributed by atoms with Gasteiger partial charge >= 0.3 is 0 Å². The number of rotatable bonds is 5. The maximum absolute atomic E-state index is 12.1. The highest BCUT2D eigenvalue weighted by Gasteiger charge is 2.19. The molecule has 1 aromatic rings. The molecule has 116 valence electrons. The summed E-state index contributed by atoms with van der Waals surface area (Å²) >= 11 is 1.21. The average molecular weight is 311 g/mol. The molecule has 1 fully saturated rings. The van der Waals surface area contributed by atoms with E-state index in [9.17, 15) is 9.59 Å². The van der Waals surface area contributed by atoms with Crippen molar-refractivity contribution in [2.75, 3.05) is 37.3 Å². The number of nitrogens with one attached hydrogen (secondary N) is 2. The molecule has 1 aromatic heterocycles. The Balaban J connectivity index is 1.98. The SMILES string of the molecule is CNc1nc(C(N)=O)c(NC(=O)CN2CCCCCC2)s1. The van der Waals surface area contributed by atoms with E-state index in [1.807, 2.05) is 0 Å². The number of anilines is 2. The van der Waals surface area contributed by atoms with Crippen LogP contribution in [0.4, 0.5) is 10.1 Å². The van der Waals surface area contributed by atoms with Crippen LogP contribution in [0.15, 0.2) is 0 Å². The Bertz CT molecular complexity index is 509. The fourth-order valence-electron chi connectivity index (χ4n) is 2.34. The molecule has 0 radical (unpaired) electrons. The molecule has 1 saturated heterocycles. The number of thiazole rings is 1. The van der Waals surface area contributed by atoms with Crippen molar-refractivity contribution < 1.29 is 9.59 Å². The zero-order chi connectivity index (χ0) is 15.2. The number of nitrogens with zero attached hydrogens (tertiary/aromatic N) is 2. The van der Waals surface area contributed by atoms with Crippen LogP contribution < -0.4 is 16.4 Å². The molecule has 1 aliphatic rings. The summed E-state index contributed by atoms with van der Waals surface area (Å²) < 4.78 is 0. The van der Waals surface area contributed by atoms with Crippen LogP contribution in [0.3, 0.4) is 0 Å². The van der Waals surface area contributed by atoms with Crippen molar-refractivity contribution in [2.24, 2.45) is 5.73 Å². The van der Waals surface area contributed by atoms with Crippen molar-refractivity contribution >= 4 is 33.3 Å². The van der Waals surface area contributed by atoms with Gasteiger partial charge in [-0.3, -0.25) is 14.5 Å². The molecule has 4 N–H and O–H groups in total. The van der Waals surface area contributed by atoms with Gasteiger partial charge in [0.15, 0.2) is 10.8 Å². The lowest BCUT2D eigenvalue weighted by molar-refractivity contribution is -0.117. The van der Waals surface area contributed by atoms with Gasteiger partial charge in [-0.1, -0.05) is 24.2 Å². The van der Waals surface area contributed by atoms with E-state index in [1.165, 1.54) is 24.2 Å². The third kappa shape index (κ3) is 4.40. The fraction of sp³-hybridized carbons (Fsp3) is 0.615. The molecule has 8 heteroatoms. The lowest BCUT2D eigenvalue weighted by Gasteiger charge is -2.18.